The molecule has 0 aromatic carbocycles. The van der Waals surface area contributed by atoms with Gasteiger partial charge in [-0.1, -0.05) is 0 Å². The van der Waals surface area contributed by atoms with Crippen molar-refractivity contribution in [3.63, 3.8) is 0 Å². The maximum Gasteiger partial charge on any atom is 0.0587 e. The summed E-state index contributed by atoms with van der Waals surface area (Å²) >= 11 is 1.94. The lowest BCUT2D eigenvalue weighted by atomic mass is 9.87. The molecule has 1 N–H and O–H groups in total. The van der Waals surface area contributed by atoms with Gasteiger partial charge in [0.1, 0.15) is 0 Å². The van der Waals surface area contributed by atoms with Crippen molar-refractivity contribution in [1.29, 1.82) is 0 Å². The van der Waals surface area contributed by atoms with Crippen molar-refractivity contribution in [3.8, 4) is 0 Å². The highest BCUT2D eigenvalue weighted by Gasteiger charge is 2.22. The van der Waals surface area contributed by atoms with Gasteiger partial charge in [0, 0.05) is 38.2 Å². The Bertz CT molecular complexity index is 367. The largest absolute Gasteiger partial charge is 0.383 e. The molecule has 1 aromatic heterocycles. The van der Waals surface area contributed by atoms with Crippen LogP contribution >= 0.6 is 11.3 Å². The fourth-order valence-corrected chi connectivity index (χ4v) is 3.82. The Balaban J connectivity index is 1.70. The Hall–Kier alpha value is -0.420. The number of likely N-dealkylation sites (N-methyl/N-ethyl adjacent to an activating group) is 1. The molecule has 108 valence electrons. The molecular weight excluding hydrogens is 256 g/mol. The molecule has 0 radical (unpaired) electrons. The van der Waals surface area contributed by atoms with E-state index < -0.39 is 0 Å². The lowest BCUT2D eigenvalue weighted by molar-refractivity contribution is 0.197. The van der Waals surface area contributed by atoms with Crippen molar-refractivity contribution in [1.82, 2.24) is 10.2 Å². The van der Waals surface area contributed by atoms with Gasteiger partial charge in [-0.2, -0.15) is 0 Å². The summed E-state index contributed by atoms with van der Waals surface area (Å²) in [6.07, 6.45) is 4.01. The Morgan fingerprint density at radius 2 is 2.37 bits per heavy atom. The molecule has 0 aliphatic heterocycles. The van der Waals surface area contributed by atoms with E-state index in [1.807, 2.05) is 11.3 Å². The number of nitrogens with zero attached hydrogens (tertiary/aromatic N) is 1. The summed E-state index contributed by atoms with van der Waals surface area (Å²) in [7, 11) is 3.98. The van der Waals surface area contributed by atoms with Crippen LogP contribution < -0.4 is 5.32 Å². The number of thiophene rings is 1. The molecule has 3 nitrogen and oxygen atoms in total. The van der Waals surface area contributed by atoms with Gasteiger partial charge in [0.05, 0.1) is 6.61 Å². The number of hydrogen-bond acceptors (Lipinski definition) is 4. The highest BCUT2D eigenvalue weighted by atomic mass is 32.1. The first-order valence-corrected chi connectivity index (χ1v) is 8.13. The van der Waals surface area contributed by atoms with Gasteiger partial charge in [0.15, 0.2) is 0 Å². The molecule has 1 aliphatic carbocycles. The first-order valence-electron chi connectivity index (χ1n) is 7.25. The topological polar surface area (TPSA) is 24.5 Å². The third-order valence-electron chi connectivity index (χ3n) is 3.86. The van der Waals surface area contributed by atoms with Gasteiger partial charge in [-0.3, -0.25) is 0 Å². The van der Waals surface area contributed by atoms with Gasteiger partial charge in [0.25, 0.3) is 0 Å². The number of fused-ring (bicyclic) bond motifs is 1. The van der Waals surface area contributed by atoms with Crippen molar-refractivity contribution in [2.45, 2.75) is 25.2 Å². The highest BCUT2D eigenvalue weighted by molar-refractivity contribution is 7.10. The fraction of sp³-hybridized carbons (Fsp3) is 0.733. The molecule has 1 heterocycles. The van der Waals surface area contributed by atoms with Crippen LogP contribution in [0.2, 0.25) is 0 Å². The predicted octanol–water partition coefficient (Wildman–Crippen LogP) is 2.34. The summed E-state index contributed by atoms with van der Waals surface area (Å²) in [4.78, 5) is 4.08. The molecule has 1 aromatic rings. The minimum atomic E-state index is 0.749. The van der Waals surface area contributed by atoms with E-state index in [1.165, 1.54) is 25.8 Å². The van der Waals surface area contributed by atoms with E-state index in [2.05, 4.69) is 28.7 Å². The summed E-state index contributed by atoms with van der Waals surface area (Å²) in [5.74, 6) is 0.749. The van der Waals surface area contributed by atoms with Crippen LogP contribution in [0.3, 0.4) is 0 Å². The molecule has 4 heteroatoms. The zero-order chi connectivity index (χ0) is 13.5. The predicted molar refractivity (Wildman–Crippen MR) is 82.2 cm³/mol. The maximum atomic E-state index is 5.03. The highest BCUT2D eigenvalue weighted by Crippen LogP contribution is 2.35. The number of ether oxygens (including phenoxy) is 1. The lowest BCUT2D eigenvalue weighted by Crippen LogP contribution is -2.33. The average molecular weight is 282 g/mol. The Kier molecular flexibility index (Phi) is 6.31. The van der Waals surface area contributed by atoms with E-state index in [1.54, 1.807) is 17.6 Å². The van der Waals surface area contributed by atoms with Gasteiger partial charge < -0.3 is 15.0 Å². The average Bonchev–Trinajstić information content (AvgIpc) is 2.88. The first kappa shape index (κ1) is 15.0. The summed E-state index contributed by atoms with van der Waals surface area (Å²) in [5.41, 5.74) is 1.62. The molecule has 1 unspecified atom stereocenters. The van der Waals surface area contributed by atoms with Crippen LogP contribution in [0.1, 0.15) is 29.2 Å². The second-order valence-corrected chi connectivity index (χ2v) is 6.39. The molecule has 0 saturated heterocycles. The van der Waals surface area contributed by atoms with E-state index in [9.17, 15) is 0 Å². The molecule has 0 fully saturated rings. The van der Waals surface area contributed by atoms with Gasteiger partial charge in [-0.25, -0.2) is 0 Å². The number of methoxy groups -OCH3 is 1. The summed E-state index contributed by atoms with van der Waals surface area (Å²) < 4.78 is 5.03. The summed E-state index contributed by atoms with van der Waals surface area (Å²) in [5, 5.41) is 5.66. The van der Waals surface area contributed by atoms with Crippen LogP contribution in [0, 0.1) is 0 Å². The minimum Gasteiger partial charge on any atom is -0.383 e. The minimum absolute atomic E-state index is 0.749. The first-order chi connectivity index (χ1) is 9.31. The van der Waals surface area contributed by atoms with E-state index in [0.29, 0.717) is 0 Å². The number of hydrogen-bond donors (Lipinski definition) is 1. The molecule has 0 spiro atoms. The molecule has 0 saturated carbocycles. The van der Waals surface area contributed by atoms with E-state index in [-0.39, 0.29) is 0 Å². The van der Waals surface area contributed by atoms with E-state index >= 15 is 0 Å². The number of aryl methyl sites for hydroxylation is 1. The van der Waals surface area contributed by atoms with Crippen molar-refractivity contribution < 1.29 is 4.74 Å². The third-order valence-corrected chi connectivity index (χ3v) is 4.86. The fourth-order valence-electron chi connectivity index (χ4n) is 2.81. The maximum absolute atomic E-state index is 5.03. The monoisotopic (exact) mass is 282 g/mol. The zero-order valence-corrected chi connectivity index (χ0v) is 13.0. The quantitative estimate of drug-likeness (QED) is 0.741. The molecule has 1 aliphatic rings. The Morgan fingerprint density at radius 3 is 3.21 bits per heavy atom. The standard InChI is InChI=1S/C15H26N2OS/c1-17(9-7-16-8-10-18-2)12-13-4-3-5-15-14(13)6-11-19-15/h6,11,13,16H,3-5,7-10,12H2,1-2H3. The second-order valence-electron chi connectivity index (χ2n) is 5.39. The SMILES string of the molecule is COCCNCCN(C)CC1CCCc2sccc21. The molecular formula is C15H26N2OS. The van der Waals surface area contributed by atoms with E-state index in [4.69, 9.17) is 4.74 Å². The molecule has 0 amide bonds. The van der Waals surface area contributed by atoms with Crippen LogP contribution in [-0.4, -0.2) is 51.8 Å². The lowest BCUT2D eigenvalue weighted by Gasteiger charge is -2.27. The third kappa shape index (κ3) is 4.56. The van der Waals surface area contributed by atoms with Gasteiger partial charge in [-0.15, -0.1) is 11.3 Å². The van der Waals surface area contributed by atoms with Crippen LogP contribution in [0.15, 0.2) is 11.4 Å². The summed E-state index contributed by atoms with van der Waals surface area (Å²) in [6.45, 7) is 5.09. The van der Waals surface area contributed by atoms with Crippen LogP contribution in [0.4, 0.5) is 0 Å². The van der Waals surface area contributed by atoms with Crippen molar-refractivity contribution in [2.24, 2.45) is 0 Å². The molecule has 1 atom stereocenters. The van der Waals surface area contributed by atoms with Gasteiger partial charge in [-0.05, 0) is 49.2 Å². The summed E-state index contributed by atoms with van der Waals surface area (Å²) in [6, 6.07) is 2.34. The smallest absolute Gasteiger partial charge is 0.0587 e. The number of nitrogens with one attached hydrogen (secondary N) is 1. The Morgan fingerprint density at radius 1 is 1.47 bits per heavy atom. The van der Waals surface area contributed by atoms with Crippen molar-refractivity contribution in [3.05, 3.63) is 21.9 Å². The normalized spacial score (nSPS) is 18.8. The van der Waals surface area contributed by atoms with Gasteiger partial charge >= 0.3 is 0 Å². The van der Waals surface area contributed by atoms with Crippen molar-refractivity contribution >= 4 is 11.3 Å². The second kappa shape index (κ2) is 8.00. The van der Waals surface area contributed by atoms with Crippen molar-refractivity contribution in [2.75, 3.05) is 46.9 Å². The molecule has 2 rings (SSSR count). The van der Waals surface area contributed by atoms with Crippen LogP contribution in [0.5, 0.6) is 0 Å². The Labute approximate surface area is 121 Å². The zero-order valence-electron chi connectivity index (χ0n) is 12.2. The van der Waals surface area contributed by atoms with Crippen LogP contribution in [0.25, 0.3) is 0 Å². The number of rotatable bonds is 8. The van der Waals surface area contributed by atoms with E-state index in [0.717, 1.165) is 32.2 Å². The molecule has 19 heavy (non-hydrogen) atoms. The van der Waals surface area contributed by atoms with Crippen LogP contribution in [-0.2, 0) is 11.2 Å². The van der Waals surface area contributed by atoms with Gasteiger partial charge in [0.2, 0.25) is 0 Å². The molecule has 0 bridgehead atoms.